The van der Waals surface area contributed by atoms with Crippen LogP contribution in [0.4, 0.5) is 0 Å². The lowest BCUT2D eigenvalue weighted by atomic mass is 10.1. The fourth-order valence-electron chi connectivity index (χ4n) is 2.34. The van der Waals surface area contributed by atoms with Crippen LogP contribution in [0.15, 0.2) is 12.2 Å². The molecule has 0 saturated heterocycles. The van der Waals surface area contributed by atoms with E-state index in [2.05, 4.69) is 19.9 Å². The average Bonchev–Trinajstić information content (AvgIpc) is 2.42. The Morgan fingerprint density at radius 2 is 1.26 bits per heavy atom. The maximum absolute atomic E-state index is 9.64. The molecule has 0 bridgehead atoms. The third-order valence-electron chi connectivity index (χ3n) is 3.69. The number of hydrogen-bond acceptors (Lipinski definition) is 1. The Kier molecular flexibility index (Phi) is 15.5. The zero-order chi connectivity index (χ0) is 14.2. The maximum atomic E-state index is 9.64. The molecule has 19 heavy (non-hydrogen) atoms. The SMILES string of the molecule is CCCCCCCCCCC/C=C/C(O)CCCC. The molecule has 1 N–H and O–H groups in total. The van der Waals surface area contributed by atoms with Crippen LogP contribution < -0.4 is 0 Å². The van der Waals surface area contributed by atoms with Crippen LogP contribution in [-0.2, 0) is 0 Å². The van der Waals surface area contributed by atoms with Gasteiger partial charge in [0.2, 0.25) is 0 Å². The highest BCUT2D eigenvalue weighted by Gasteiger charge is 1.96. The zero-order valence-corrected chi connectivity index (χ0v) is 13.4. The molecule has 0 aliphatic heterocycles. The van der Waals surface area contributed by atoms with E-state index in [4.69, 9.17) is 0 Å². The predicted octanol–water partition coefficient (Wildman–Crippen LogP) is 6.01. The van der Waals surface area contributed by atoms with Gasteiger partial charge in [-0.1, -0.05) is 90.2 Å². The summed E-state index contributed by atoms with van der Waals surface area (Å²) >= 11 is 0. The molecule has 0 rings (SSSR count). The Morgan fingerprint density at radius 1 is 0.737 bits per heavy atom. The van der Waals surface area contributed by atoms with E-state index in [0.29, 0.717) is 0 Å². The summed E-state index contributed by atoms with van der Waals surface area (Å²) in [5.74, 6) is 0. The molecule has 0 aliphatic carbocycles. The van der Waals surface area contributed by atoms with Crippen LogP contribution in [0, 0.1) is 0 Å². The number of hydrogen-bond donors (Lipinski definition) is 1. The lowest BCUT2D eigenvalue weighted by Crippen LogP contribution is -2.00. The van der Waals surface area contributed by atoms with Crippen molar-refractivity contribution in [1.82, 2.24) is 0 Å². The van der Waals surface area contributed by atoms with Gasteiger partial charge in [0.1, 0.15) is 0 Å². The van der Waals surface area contributed by atoms with Crippen LogP contribution in [-0.4, -0.2) is 11.2 Å². The molecular weight excluding hydrogens is 232 g/mol. The molecule has 0 fully saturated rings. The second-order valence-electron chi connectivity index (χ2n) is 5.75. The van der Waals surface area contributed by atoms with Gasteiger partial charge in [0.05, 0.1) is 6.10 Å². The minimum atomic E-state index is -0.210. The van der Waals surface area contributed by atoms with Crippen molar-refractivity contribution in [2.75, 3.05) is 0 Å². The largest absolute Gasteiger partial charge is 0.389 e. The quantitative estimate of drug-likeness (QED) is 0.302. The molecule has 114 valence electrons. The Labute approximate surface area is 121 Å². The highest BCUT2D eigenvalue weighted by Crippen LogP contribution is 2.11. The Morgan fingerprint density at radius 3 is 1.84 bits per heavy atom. The summed E-state index contributed by atoms with van der Waals surface area (Å²) < 4.78 is 0. The van der Waals surface area contributed by atoms with E-state index in [-0.39, 0.29) is 6.10 Å². The van der Waals surface area contributed by atoms with Crippen molar-refractivity contribution in [2.24, 2.45) is 0 Å². The summed E-state index contributed by atoms with van der Waals surface area (Å²) in [5, 5.41) is 9.64. The first-order chi connectivity index (χ1) is 9.31. The monoisotopic (exact) mass is 268 g/mol. The van der Waals surface area contributed by atoms with Crippen LogP contribution in [0.1, 0.15) is 97.3 Å². The lowest BCUT2D eigenvalue weighted by molar-refractivity contribution is 0.209. The van der Waals surface area contributed by atoms with Gasteiger partial charge in [-0.05, 0) is 19.3 Å². The zero-order valence-electron chi connectivity index (χ0n) is 13.4. The summed E-state index contributed by atoms with van der Waals surface area (Å²) in [6.45, 7) is 4.44. The molecule has 0 aromatic heterocycles. The fourth-order valence-corrected chi connectivity index (χ4v) is 2.34. The van der Waals surface area contributed by atoms with Crippen LogP contribution >= 0.6 is 0 Å². The van der Waals surface area contributed by atoms with Crippen LogP contribution in [0.25, 0.3) is 0 Å². The number of rotatable bonds is 14. The van der Waals surface area contributed by atoms with Gasteiger partial charge in [0.25, 0.3) is 0 Å². The van der Waals surface area contributed by atoms with Gasteiger partial charge in [-0.2, -0.15) is 0 Å². The Balaban J connectivity index is 3.15. The van der Waals surface area contributed by atoms with Gasteiger partial charge in [-0.3, -0.25) is 0 Å². The van der Waals surface area contributed by atoms with E-state index in [0.717, 1.165) is 19.3 Å². The second kappa shape index (κ2) is 15.8. The van der Waals surface area contributed by atoms with Crippen molar-refractivity contribution in [1.29, 1.82) is 0 Å². The third-order valence-corrected chi connectivity index (χ3v) is 3.69. The molecule has 0 radical (unpaired) electrons. The first kappa shape index (κ1) is 18.7. The summed E-state index contributed by atoms with van der Waals surface area (Å²) in [5.41, 5.74) is 0. The van der Waals surface area contributed by atoms with Gasteiger partial charge in [-0.25, -0.2) is 0 Å². The fraction of sp³-hybridized carbons (Fsp3) is 0.889. The number of allylic oxidation sites excluding steroid dienone is 1. The number of aliphatic hydroxyl groups is 1. The highest BCUT2D eigenvalue weighted by molar-refractivity contribution is 4.88. The Hall–Kier alpha value is -0.300. The smallest absolute Gasteiger partial charge is 0.0720 e. The van der Waals surface area contributed by atoms with Crippen molar-refractivity contribution in [3.63, 3.8) is 0 Å². The molecular formula is C18H36O. The molecule has 0 amide bonds. The van der Waals surface area contributed by atoms with Crippen LogP contribution in [0.2, 0.25) is 0 Å². The van der Waals surface area contributed by atoms with E-state index in [1.807, 2.05) is 6.08 Å². The maximum Gasteiger partial charge on any atom is 0.0720 e. The van der Waals surface area contributed by atoms with Crippen molar-refractivity contribution in [3.05, 3.63) is 12.2 Å². The summed E-state index contributed by atoms with van der Waals surface area (Å²) in [6.07, 6.45) is 20.8. The van der Waals surface area contributed by atoms with Crippen molar-refractivity contribution >= 4 is 0 Å². The molecule has 0 heterocycles. The van der Waals surface area contributed by atoms with E-state index in [1.54, 1.807) is 0 Å². The van der Waals surface area contributed by atoms with Gasteiger partial charge in [0.15, 0.2) is 0 Å². The normalized spacial score (nSPS) is 13.2. The van der Waals surface area contributed by atoms with Crippen molar-refractivity contribution in [2.45, 2.75) is 103 Å². The molecule has 0 saturated carbocycles. The number of unbranched alkanes of at least 4 members (excludes halogenated alkanes) is 10. The molecule has 0 aromatic rings. The molecule has 0 aromatic carbocycles. The minimum Gasteiger partial charge on any atom is -0.389 e. The number of aliphatic hydroxyl groups excluding tert-OH is 1. The molecule has 1 nitrogen and oxygen atoms in total. The third kappa shape index (κ3) is 15.6. The topological polar surface area (TPSA) is 20.2 Å². The molecule has 0 aliphatic rings. The Bertz CT molecular complexity index is 186. The predicted molar refractivity (Wildman–Crippen MR) is 86.5 cm³/mol. The van der Waals surface area contributed by atoms with Crippen LogP contribution in [0.5, 0.6) is 0 Å². The summed E-state index contributed by atoms with van der Waals surface area (Å²) in [6, 6.07) is 0. The van der Waals surface area contributed by atoms with Crippen molar-refractivity contribution in [3.8, 4) is 0 Å². The van der Waals surface area contributed by atoms with Gasteiger partial charge >= 0.3 is 0 Å². The molecule has 1 unspecified atom stereocenters. The lowest BCUT2D eigenvalue weighted by Gasteiger charge is -2.03. The van der Waals surface area contributed by atoms with Gasteiger partial charge in [0, 0.05) is 0 Å². The van der Waals surface area contributed by atoms with Crippen LogP contribution in [0.3, 0.4) is 0 Å². The van der Waals surface area contributed by atoms with E-state index >= 15 is 0 Å². The molecule has 1 atom stereocenters. The van der Waals surface area contributed by atoms with E-state index < -0.39 is 0 Å². The van der Waals surface area contributed by atoms with Gasteiger partial charge < -0.3 is 5.11 Å². The van der Waals surface area contributed by atoms with Crippen molar-refractivity contribution < 1.29 is 5.11 Å². The first-order valence-corrected chi connectivity index (χ1v) is 8.66. The molecule has 1 heteroatoms. The van der Waals surface area contributed by atoms with E-state index in [9.17, 15) is 5.11 Å². The minimum absolute atomic E-state index is 0.210. The summed E-state index contributed by atoms with van der Waals surface area (Å²) in [7, 11) is 0. The standard InChI is InChI=1S/C18H36O/c1-3-5-7-8-9-10-11-12-13-14-15-17-18(19)16-6-4-2/h15,17-19H,3-14,16H2,1-2H3/b17-15+. The highest BCUT2D eigenvalue weighted by atomic mass is 16.3. The summed E-state index contributed by atoms with van der Waals surface area (Å²) in [4.78, 5) is 0. The molecule has 0 spiro atoms. The first-order valence-electron chi connectivity index (χ1n) is 8.66. The second-order valence-corrected chi connectivity index (χ2v) is 5.75. The average molecular weight is 268 g/mol. The van der Waals surface area contributed by atoms with E-state index in [1.165, 1.54) is 64.2 Å². The van der Waals surface area contributed by atoms with Gasteiger partial charge in [-0.15, -0.1) is 0 Å².